The summed E-state index contributed by atoms with van der Waals surface area (Å²) in [6, 6.07) is 9.67. The summed E-state index contributed by atoms with van der Waals surface area (Å²) in [5, 5.41) is 7.79. The molecule has 0 atom stereocenters. The Bertz CT molecular complexity index is 1140. The first-order chi connectivity index (χ1) is 16.2. The molecular weight excluding hydrogens is 445 g/mol. The molecule has 0 amide bonds. The SMILES string of the molecule is COc1cc(Nc2nc(N3CCC(C(F)(F)F)CC3)n(C(C)C)n2)ccc1-c1ccnc(C)c1. The number of anilines is 3. The van der Waals surface area contributed by atoms with Gasteiger partial charge in [0, 0.05) is 42.3 Å². The molecule has 1 N–H and O–H groups in total. The van der Waals surface area contributed by atoms with Crippen LogP contribution in [0, 0.1) is 12.8 Å². The van der Waals surface area contributed by atoms with Gasteiger partial charge in [0.05, 0.1) is 19.1 Å². The molecule has 1 fully saturated rings. The van der Waals surface area contributed by atoms with Crippen LogP contribution in [0.25, 0.3) is 11.1 Å². The molecule has 1 saturated heterocycles. The van der Waals surface area contributed by atoms with Crippen molar-refractivity contribution < 1.29 is 17.9 Å². The third kappa shape index (κ3) is 5.10. The predicted octanol–water partition coefficient (Wildman–Crippen LogP) is 5.76. The van der Waals surface area contributed by atoms with E-state index in [1.54, 1.807) is 18.0 Å². The van der Waals surface area contributed by atoms with Crippen LogP contribution in [0.3, 0.4) is 0 Å². The zero-order valence-corrected chi connectivity index (χ0v) is 19.7. The number of nitrogens with zero attached hydrogens (tertiary/aromatic N) is 5. The lowest BCUT2D eigenvalue weighted by atomic mass is 9.96. The average Bonchev–Trinajstić information content (AvgIpc) is 3.22. The number of halogens is 3. The van der Waals surface area contributed by atoms with Gasteiger partial charge in [-0.05, 0) is 63.4 Å². The zero-order valence-electron chi connectivity index (χ0n) is 19.7. The van der Waals surface area contributed by atoms with Gasteiger partial charge >= 0.3 is 6.18 Å². The number of rotatable bonds is 6. The molecule has 0 saturated carbocycles. The molecule has 4 rings (SSSR count). The van der Waals surface area contributed by atoms with Crippen LogP contribution in [-0.2, 0) is 0 Å². The lowest BCUT2D eigenvalue weighted by molar-refractivity contribution is -0.179. The molecule has 1 aromatic carbocycles. The Hall–Kier alpha value is -3.30. The van der Waals surface area contributed by atoms with Crippen molar-refractivity contribution in [1.29, 1.82) is 0 Å². The lowest BCUT2D eigenvalue weighted by Gasteiger charge is -2.33. The molecule has 3 aromatic rings. The highest BCUT2D eigenvalue weighted by Gasteiger charge is 2.41. The second-order valence-electron chi connectivity index (χ2n) is 8.80. The molecule has 0 radical (unpaired) electrons. The van der Waals surface area contributed by atoms with Gasteiger partial charge in [-0.25, -0.2) is 4.68 Å². The third-order valence-corrected chi connectivity index (χ3v) is 6.01. The molecule has 0 spiro atoms. The number of piperidine rings is 1. The minimum atomic E-state index is -4.15. The summed E-state index contributed by atoms with van der Waals surface area (Å²) in [7, 11) is 1.62. The molecule has 182 valence electrons. The first-order valence-electron chi connectivity index (χ1n) is 11.3. The van der Waals surface area contributed by atoms with Crippen LogP contribution in [0.5, 0.6) is 5.75 Å². The number of alkyl halides is 3. The predicted molar refractivity (Wildman–Crippen MR) is 126 cm³/mol. The molecule has 2 aromatic heterocycles. The number of pyridine rings is 1. The quantitative estimate of drug-likeness (QED) is 0.490. The first kappa shape index (κ1) is 23.8. The molecular formula is C24H29F3N6O. The van der Waals surface area contributed by atoms with Crippen molar-refractivity contribution in [1.82, 2.24) is 19.7 Å². The van der Waals surface area contributed by atoms with Crippen LogP contribution in [0.15, 0.2) is 36.5 Å². The number of benzene rings is 1. The monoisotopic (exact) mass is 474 g/mol. The maximum absolute atomic E-state index is 13.1. The van der Waals surface area contributed by atoms with E-state index in [9.17, 15) is 13.2 Å². The van der Waals surface area contributed by atoms with Crippen molar-refractivity contribution in [2.24, 2.45) is 5.92 Å². The molecule has 0 aliphatic carbocycles. The highest BCUT2D eigenvalue weighted by molar-refractivity contribution is 5.74. The third-order valence-electron chi connectivity index (χ3n) is 6.01. The van der Waals surface area contributed by atoms with Gasteiger partial charge in [-0.2, -0.15) is 18.2 Å². The molecule has 0 bridgehead atoms. The normalized spacial score (nSPS) is 15.1. The van der Waals surface area contributed by atoms with Crippen LogP contribution in [0.2, 0.25) is 0 Å². The van der Waals surface area contributed by atoms with Crippen LogP contribution >= 0.6 is 0 Å². The molecule has 0 unspecified atom stereocenters. The van der Waals surface area contributed by atoms with Gasteiger partial charge in [0.15, 0.2) is 0 Å². The Kier molecular flexibility index (Phi) is 6.67. The zero-order chi connectivity index (χ0) is 24.5. The van der Waals surface area contributed by atoms with E-state index >= 15 is 0 Å². The summed E-state index contributed by atoms with van der Waals surface area (Å²) in [5.74, 6) is 0.394. The van der Waals surface area contributed by atoms with Crippen molar-refractivity contribution >= 4 is 17.6 Å². The Labute approximate surface area is 197 Å². The standard InChI is InChI=1S/C24H29F3N6O/c1-15(2)33-23(32-11-8-18(9-12-32)24(25,26)27)30-22(31-33)29-19-5-6-20(21(14-19)34-4)17-7-10-28-16(3)13-17/h5-7,10,13-15,18H,8-9,11-12H2,1-4H3,(H,29,31). The summed E-state index contributed by atoms with van der Waals surface area (Å²) in [6.45, 7) is 6.47. The van der Waals surface area contributed by atoms with Crippen LogP contribution in [0.4, 0.5) is 30.8 Å². The summed E-state index contributed by atoms with van der Waals surface area (Å²) < 4.78 is 46.6. The second-order valence-corrected chi connectivity index (χ2v) is 8.80. The lowest BCUT2D eigenvalue weighted by Crippen LogP contribution is -2.40. The number of aryl methyl sites for hydroxylation is 1. The molecule has 1 aliphatic rings. The van der Waals surface area contributed by atoms with Gasteiger partial charge in [-0.15, -0.1) is 5.10 Å². The summed E-state index contributed by atoms with van der Waals surface area (Å²) >= 11 is 0. The molecule has 3 heterocycles. The van der Waals surface area contributed by atoms with Crippen molar-refractivity contribution in [3.05, 3.63) is 42.2 Å². The van der Waals surface area contributed by atoms with Crippen molar-refractivity contribution in [3.63, 3.8) is 0 Å². The van der Waals surface area contributed by atoms with Crippen molar-refractivity contribution in [3.8, 4) is 16.9 Å². The highest BCUT2D eigenvalue weighted by atomic mass is 19.4. The summed E-state index contributed by atoms with van der Waals surface area (Å²) in [4.78, 5) is 10.7. The fourth-order valence-corrected chi connectivity index (χ4v) is 4.19. The number of nitrogens with one attached hydrogen (secondary N) is 1. The molecule has 10 heteroatoms. The van der Waals surface area contributed by atoms with E-state index < -0.39 is 12.1 Å². The van der Waals surface area contributed by atoms with Crippen LogP contribution in [-0.4, -0.2) is 46.1 Å². The smallest absolute Gasteiger partial charge is 0.391 e. The number of hydrogen-bond donors (Lipinski definition) is 1. The number of aromatic nitrogens is 4. The second kappa shape index (κ2) is 9.52. The van der Waals surface area contributed by atoms with Gasteiger partial charge in [-0.1, -0.05) is 0 Å². The van der Waals surface area contributed by atoms with Crippen molar-refractivity contribution in [2.45, 2.75) is 45.8 Å². The topological polar surface area (TPSA) is 68.1 Å². The molecule has 34 heavy (non-hydrogen) atoms. The summed E-state index contributed by atoms with van der Waals surface area (Å²) in [5.41, 5.74) is 3.60. The first-order valence-corrected chi connectivity index (χ1v) is 11.3. The largest absolute Gasteiger partial charge is 0.496 e. The Morgan fingerprint density at radius 2 is 1.85 bits per heavy atom. The minimum absolute atomic E-state index is 0.00484. The van der Waals surface area contributed by atoms with E-state index in [0.29, 0.717) is 30.7 Å². The highest BCUT2D eigenvalue weighted by Crippen LogP contribution is 2.36. The number of methoxy groups -OCH3 is 1. The molecule has 1 aliphatic heterocycles. The van der Waals surface area contributed by atoms with Gasteiger partial charge in [0.25, 0.3) is 0 Å². The van der Waals surface area contributed by atoms with E-state index in [4.69, 9.17) is 4.74 Å². The van der Waals surface area contributed by atoms with Crippen LogP contribution in [0.1, 0.15) is 38.4 Å². The fourth-order valence-electron chi connectivity index (χ4n) is 4.19. The van der Waals surface area contributed by atoms with E-state index in [-0.39, 0.29) is 18.9 Å². The number of hydrogen-bond acceptors (Lipinski definition) is 6. The van der Waals surface area contributed by atoms with Gasteiger partial charge in [0.2, 0.25) is 11.9 Å². The van der Waals surface area contributed by atoms with E-state index in [0.717, 1.165) is 22.5 Å². The Morgan fingerprint density at radius 1 is 1.12 bits per heavy atom. The van der Waals surface area contributed by atoms with E-state index in [1.165, 1.54) is 0 Å². The fraction of sp³-hybridized carbons (Fsp3) is 0.458. The van der Waals surface area contributed by atoms with Crippen molar-refractivity contribution in [2.75, 3.05) is 30.4 Å². The minimum Gasteiger partial charge on any atom is -0.496 e. The Morgan fingerprint density at radius 3 is 2.47 bits per heavy atom. The van der Waals surface area contributed by atoms with Gasteiger partial charge < -0.3 is 15.0 Å². The average molecular weight is 475 g/mol. The summed E-state index contributed by atoms with van der Waals surface area (Å²) in [6.07, 6.45) is -2.27. The maximum Gasteiger partial charge on any atom is 0.391 e. The molecule has 7 nitrogen and oxygen atoms in total. The van der Waals surface area contributed by atoms with E-state index in [1.807, 2.05) is 56.0 Å². The number of ether oxygens (including phenoxy) is 1. The van der Waals surface area contributed by atoms with E-state index in [2.05, 4.69) is 20.4 Å². The van der Waals surface area contributed by atoms with Gasteiger partial charge in [0.1, 0.15) is 5.75 Å². The van der Waals surface area contributed by atoms with Crippen LogP contribution < -0.4 is 15.0 Å². The maximum atomic E-state index is 13.1. The van der Waals surface area contributed by atoms with Gasteiger partial charge in [-0.3, -0.25) is 4.98 Å². The Balaban J connectivity index is 1.55.